The zero-order valence-corrected chi connectivity index (χ0v) is 22.2. The van der Waals surface area contributed by atoms with Crippen molar-refractivity contribution in [3.8, 4) is 17.2 Å². The summed E-state index contributed by atoms with van der Waals surface area (Å²) < 4.78 is 21.7. The molecular formula is C25H28ClN3O6S. The molecule has 1 atom stereocenters. The lowest BCUT2D eigenvalue weighted by Crippen LogP contribution is -2.31. The van der Waals surface area contributed by atoms with Gasteiger partial charge in [0.2, 0.25) is 11.7 Å². The van der Waals surface area contributed by atoms with E-state index in [-0.39, 0.29) is 18.3 Å². The van der Waals surface area contributed by atoms with Gasteiger partial charge in [0.1, 0.15) is 6.04 Å². The van der Waals surface area contributed by atoms with Crippen LogP contribution in [-0.2, 0) is 14.3 Å². The van der Waals surface area contributed by atoms with Gasteiger partial charge in [0.15, 0.2) is 16.7 Å². The summed E-state index contributed by atoms with van der Waals surface area (Å²) in [6.45, 7) is 3.72. The van der Waals surface area contributed by atoms with E-state index in [1.165, 1.54) is 33.1 Å². The Bertz CT molecular complexity index is 1160. The summed E-state index contributed by atoms with van der Waals surface area (Å²) in [6.07, 6.45) is 0. The second-order valence-electron chi connectivity index (χ2n) is 7.52. The van der Waals surface area contributed by atoms with Crippen molar-refractivity contribution in [2.75, 3.05) is 39.0 Å². The summed E-state index contributed by atoms with van der Waals surface area (Å²) in [6, 6.07) is 9.60. The van der Waals surface area contributed by atoms with Crippen LogP contribution in [0.3, 0.4) is 0 Å². The number of hydrogen-bond acceptors (Lipinski definition) is 9. The zero-order valence-electron chi connectivity index (χ0n) is 20.6. The lowest BCUT2D eigenvalue weighted by Gasteiger charge is -2.26. The topological polar surface area (TPSA) is 107 Å². The van der Waals surface area contributed by atoms with Crippen LogP contribution in [0.25, 0.3) is 0 Å². The molecule has 1 aliphatic rings. The van der Waals surface area contributed by atoms with E-state index in [2.05, 4.69) is 10.6 Å². The molecule has 0 bridgehead atoms. The Balaban J connectivity index is 1.90. The average Bonchev–Trinajstić information content (AvgIpc) is 2.87. The molecule has 0 saturated carbocycles. The predicted molar refractivity (Wildman–Crippen MR) is 141 cm³/mol. The van der Waals surface area contributed by atoms with Gasteiger partial charge in [-0.15, -0.1) is 0 Å². The third-order valence-electron chi connectivity index (χ3n) is 5.18. The molecule has 2 aromatic carbocycles. The first-order chi connectivity index (χ1) is 17.3. The van der Waals surface area contributed by atoms with E-state index in [0.717, 1.165) is 0 Å². The largest absolute Gasteiger partial charge is 0.493 e. The van der Waals surface area contributed by atoms with Crippen LogP contribution in [0.4, 0.5) is 5.69 Å². The van der Waals surface area contributed by atoms with Crippen LogP contribution in [0.2, 0.25) is 5.02 Å². The highest BCUT2D eigenvalue weighted by Gasteiger charge is 2.32. The molecule has 3 rings (SSSR count). The molecule has 11 heteroatoms. The molecule has 36 heavy (non-hydrogen) atoms. The highest BCUT2D eigenvalue weighted by Crippen LogP contribution is 2.43. The molecule has 1 aliphatic heterocycles. The number of methoxy groups -OCH3 is 3. The number of carbonyl (C=O) groups is 2. The van der Waals surface area contributed by atoms with Gasteiger partial charge in [-0.3, -0.25) is 4.79 Å². The number of amidine groups is 1. The van der Waals surface area contributed by atoms with Crippen molar-refractivity contribution in [3.63, 3.8) is 0 Å². The van der Waals surface area contributed by atoms with Gasteiger partial charge in [0, 0.05) is 16.4 Å². The second-order valence-corrected chi connectivity index (χ2v) is 8.92. The number of thioether (sulfide) groups is 1. The normalized spacial score (nSPS) is 14.9. The van der Waals surface area contributed by atoms with E-state index in [9.17, 15) is 9.59 Å². The van der Waals surface area contributed by atoms with E-state index >= 15 is 0 Å². The van der Waals surface area contributed by atoms with Gasteiger partial charge in [-0.2, -0.15) is 0 Å². The molecule has 0 saturated heterocycles. The van der Waals surface area contributed by atoms with Gasteiger partial charge in [0.25, 0.3) is 0 Å². The maximum absolute atomic E-state index is 12.9. The molecule has 1 heterocycles. The molecule has 1 amide bonds. The molecule has 0 aromatic heterocycles. The van der Waals surface area contributed by atoms with Gasteiger partial charge >= 0.3 is 5.97 Å². The first kappa shape index (κ1) is 27.2. The van der Waals surface area contributed by atoms with Crippen molar-refractivity contribution in [2.45, 2.75) is 19.9 Å². The molecule has 0 radical (unpaired) electrons. The highest BCUT2D eigenvalue weighted by atomic mass is 35.5. The summed E-state index contributed by atoms with van der Waals surface area (Å²) in [5.41, 5.74) is 2.19. The Kier molecular flexibility index (Phi) is 9.49. The fraction of sp³-hybridized carbons (Fsp3) is 0.320. The summed E-state index contributed by atoms with van der Waals surface area (Å²) in [5.74, 6) is 0.673. The number of amides is 1. The molecule has 0 unspecified atom stereocenters. The van der Waals surface area contributed by atoms with Gasteiger partial charge in [-0.25, -0.2) is 9.79 Å². The van der Waals surface area contributed by atoms with E-state index in [0.29, 0.717) is 50.0 Å². The molecular weight excluding hydrogens is 506 g/mol. The zero-order chi connectivity index (χ0) is 26.2. The van der Waals surface area contributed by atoms with Gasteiger partial charge < -0.3 is 29.6 Å². The Hall–Kier alpha value is -3.37. The summed E-state index contributed by atoms with van der Waals surface area (Å²) in [4.78, 5) is 30.1. The van der Waals surface area contributed by atoms with Crippen molar-refractivity contribution >= 4 is 46.1 Å². The van der Waals surface area contributed by atoms with Crippen LogP contribution in [0.1, 0.15) is 25.5 Å². The standard InChI is InChI=1S/C25H28ClN3O6S/c1-6-35-24(31)21-14(2)27-25(36-13-20(30)28-17-9-7-16(26)8-10-17)29-22(21)15-11-18(32-3)23(34-5)19(12-15)33-4/h7-12,22H,6,13H2,1-5H3,(H,27,29)(H,28,30)/t22-/m0/s1. The number of hydrogen-bond donors (Lipinski definition) is 2. The van der Waals surface area contributed by atoms with E-state index in [1.807, 2.05) is 0 Å². The fourth-order valence-corrected chi connectivity index (χ4v) is 4.43. The van der Waals surface area contributed by atoms with Crippen molar-refractivity contribution in [3.05, 3.63) is 58.3 Å². The Morgan fingerprint density at radius 2 is 1.72 bits per heavy atom. The van der Waals surface area contributed by atoms with Crippen molar-refractivity contribution in [2.24, 2.45) is 4.99 Å². The number of esters is 1. The van der Waals surface area contributed by atoms with E-state index in [1.54, 1.807) is 50.2 Å². The van der Waals surface area contributed by atoms with Crippen LogP contribution >= 0.6 is 23.4 Å². The predicted octanol–water partition coefficient (Wildman–Crippen LogP) is 4.58. The second kappa shape index (κ2) is 12.5. The van der Waals surface area contributed by atoms with Crippen LogP contribution in [-0.4, -0.2) is 50.7 Å². The maximum Gasteiger partial charge on any atom is 0.338 e. The first-order valence-corrected chi connectivity index (χ1v) is 12.4. The molecule has 0 aliphatic carbocycles. The van der Waals surface area contributed by atoms with Gasteiger partial charge in [-0.1, -0.05) is 23.4 Å². The van der Waals surface area contributed by atoms with Crippen LogP contribution in [0.15, 0.2) is 52.7 Å². The number of nitrogens with one attached hydrogen (secondary N) is 2. The minimum atomic E-state index is -0.721. The smallest absolute Gasteiger partial charge is 0.338 e. The molecule has 2 N–H and O–H groups in total. The SMILES string of the molecule is CCOC(=O)C1=C(C)NC(SCC(=O)Nc2ccc(Cl)cc2)=N[C@H]1c1cc(OC)c(OC)c(OC)c1. The monoisotopic (exact) mass is 533 g/mol. The molecule has 0 spiro atoms. The first-order valence-electron chi connectivity index (χ1n) is 11.0. The molecule has 2 aromatic rings. The number of benzene rings is 2. The van der Waals surface area contributed by atoms with Crippen LogP contribution < -0.4 is 24.8 Å². The number of anilines is 1. The maximum atomic E-state index is 12.9. The quantitative estimate of drug-likeness (QED) is 0.451. The number of halogens is 1. The van der Waals surface area contributed by atoms with E-state index in [4.69, 9.17) is 35.5 Å². The van der Waals surface area contributed by atoms with Gasteiger partial charge in [-0.05, 0) is 55.8 Å². The molecule has 9 nitrogen and oxygen atoms in total. The van der Waals surface area contributed by atoms with Crippen LogP contribution in [0, 0.1) is 0 Å². The summed E-state index contributed by atoms with van der Waals surface area (Å²) in [7, 11) is 4.54. The van der Waals surface area contributed by atoms with Crippen LogP contribution in [0.5, 0.6) is 17.2 Å². The fourth-order valence-electron chi connectivity index (χ4n) is 3.56. The molecule has 0 fully saturated rings. The minimum Gasteiger partial charge on any atom is -0.493 e. The van der Waals surface area contributed by atoms with Gasteiger partial charge in [0.05, 0.1) is 39.3 Å². The third kappa shape index (κ3) is 6.44. The lowest BCUT2D eigenvalue weighted by atomic mass is 9.96. The van der Waals surface area contributed by atoms with Crippen molar-refractivity contribution in [1.29, 1.82) is 0 Å². The number of rotatable bonds is 9. The third-order valence-corrected chi connectivity index (χ3v) is 6.32. The number of ether oxygens (including phenoxy) is 4. The Morgan fingerprint density at radius 1 is 1.08 bits per heavy atom. The number of nitrogens with zero attached hydrogens (tertiary/aromatic N) is 1. The summed E-state index contributed by atoms with van der Waals surface area (Å²) >= 11 is 7.11. The van der Waals surface area contributed by atoms with Crippen molar-refractivity contribution < 1.29 is 28.5 Å². The summed E-state index contributed by atoms with van der Waals surface area (Å²) in [5, 5.41) is 7.00. The molecule has 192 valence electrons. The van der Waals surface area contributed by atoms with Crippen molar-refractivity contribution in [1.82, 2.24) is 5.32 Å². The lowest BCUT2D eigenvalue weighted by molar-refractivity contribution is -0.139. The average molecular weight is 534 g/mol. The number of carbonyl (C=O) groups excluding carboxylic acids is 2. The minimum absolute atomic E-state index is 0.0957. The number of allylic oxidation sites excluding steroid dienone is 1. The Labute approximate surface area is 219 Å². The van der Waals surface area contributed by atoms with E-state index < -0.39 is 12.0 Å². The number of aliphatic imine (C=N–C) groups is 1. The highest BCUT2D eigenvalue weighted by molar-refractivity contribution is 8.14. The Morgan fingerprint density at radius 3 is 2.28 bits per heavy atom.